The van der Waals surface area contributed by atoms with Gasteiger partial charge in [0.05, 0.1) is 5.69 Å². The van der Waals surface area contributed by atoms with Gasteiger partial charge in [-0.15, -0.1) is 0 Å². The molecule has 1 aromatic carbocycles. The maximum atomic E-state index is 9.75. The van der Waals surface area contributed by atoms with E-state index < -0.39 is 0 Å². The first-order chi connectivity index (χ1) is 6.24. The average molecular weight is 197 g/mol. The van der Waals surface area contributed by atoms with Gasteiger partial charge in [-0.25, -0.2) is 15.0 Å². The summed E-state index contributed by atoms with van der Waals surface area (Å²) in [6.45, 7) is 0. The molecule has 0 atom stereocenters. The summed E-state index contributed by atoms with van der Waals surface area (Å²) in [5.74, 6) is 0. The highest BCUT2D eigenvalue weighted by molar-refractivity contribution is 6.30. The summed E-state index contributed by atoms with van der Waals surface area (Å²) in [6, 6.07) is 6.70. The number of hydrogen-bond acceptors (Lipinski definition) is 4. The van der Waals surface area contributed by atoms with Crippen LogP contribution in [-0.2, 0) is 9.59 Å². The molecule has 1 rings (SSSR count). The number of rotatable bonds is 1. The highest BCUT2D eigenvalue weighted by Crippen LogP contribution is 2.16. The van der Waals surface area contributed by atoms with Gasteiger partial charge in [0.2, 0.25) is 12.2 Å². The smallest absolute Gasteiger partial charge is 0.222 e. The van der Waals surface area contributed by atoms with Crippen LogP contribution in [0.25, 0.3) is 0 Å². The first-order valence-electron chi connectivity index (χ1n) is 3.12. The van der Waals surface area contributed by atoms with Gasteiger partial charge in [-0.2, -0.15) is 4.99 Å². The lowest BCUT2D eigenvalue weighted by molar-refractivity contribution is 0.562. The van der Waals surface area contributed by atoms with Crippen LogP contribution in [0.4, 0.5) is 5.69 Å². The predicted octanol–water partition coefficient (Wildman–Crippen LogP) is 2.21. The summed E-state index contributed by atoms with van der Waals surface area (Å²) in [4.78, 5) is 21.5. The van der Waals surface area contributed by atoms with Crippen molar-refractivity contribution >= 4 is 29.4 Å². The Balaban J connectivity index is 0.000000424. The number of hydrogen-bond donors (Lipinski definition) is 1. The van der Waals surface area contributed by atoms with Crippen molar-refractivity contribution in [3.05, 3.63) is 29.3 Å². The van der Waals surface area contributed by atoms with E-state index in [2.05, 4.69) is 4.99 Å². The molecule has 0 aromatic heterocycles. The van der Waals surface area contributed by atoms with Gasteiger partial charge < -0.3 is 0 Å². The van der Waals surface area contributed by atoms with Gasteiger partial charge in [0.15, 0.2) is 0 Å². The third kappa shape index (κ3) is 5.53. The van der Waals surface area contributed by atoms with Crippen molar-refractivity contribution in [2.45, 2.75) is 0 Å². The number of aliphatic imine (C=N–C) groups is 1. The Bertz CT molecular complexity index is 353. The quantitative estimate of drug-likeness (QED) is 0.553. The van der Waals surface area contributed by atoms with Crippen molar-refractivity contribution < 1.29 is 9.59 Å². The number of isocyanates is 2. The first kappa shape index (κ1) is 11.3. The monoisotopic (exact) mass is 196 g/mol. The Morgan fingerprint density at radius 2 is 2.00 bits per heavy atom. The lowest BCUT2D eigenvalue weighted by Crippen LogP contribution is -1.63. The first-order valence-corrected chi connectivity index (χ1v) is 3.49. The molecule has 0 bridgehead atoms. The molecule has 0 fully saturated rings. The normalized spacial score (nSPS) is 7.15. The zero-order chi connectivity index (χ0) is 10.1. The maximum absolute atomic E-state index is 9.75. The largest absolute Gasteiger partial charge is 0.240 e. The lowest BCUT2D eigenvalue weighted by atomic mass is 10.3. The van der Waals surface area contributed by atoms with Gasteiger partial charge in [-0.05, 0) is 18.2 Å². The van der Waals surface area contributed by atoms with Gasteiger partial charge in [0, 0.05) is 5.02 Å². The second kappa shape index (κ2) is 6.95. The lowest BCUT2D eigenvalue weighted by Gasteiger charge is -1.88. The standard InChI is InChI=1S/C7H4ClNO.CHNO/c8-6-2-1-3-7(4-6)9-5-10;2-1-3/h1-4H;2H. The van der Waals surface area contributed by atoms with Gasteiger partial charge in [-0.1, -0.05) is 17.7 Å². The molecule has 0 aliphatic rings. The molecule has 0 radical (unpaired) electrons. The predicted molar refractivity (Wildman–Crippen MR) is 47.6 cm³/mol. The van der Waals surface area contributed by atoms with Crippen molar-refractivity contribution in [2.24, 2.45) is 4.99 Å². The SMILES string of the molecule is N=C=O.O=C=Nc1cccc(Cl)c1. The van der Waals surface area contributed by atoms with E-state index in [1.807, 2.05) is 0 Å². The number of nitrogens with zero attached hydrogens (tertiary/aromatic N) is 1. The molecule has 4 nitrogen and oxygen atoms in total. The summed E-state index contributed by atoms with van der Waals surface area (Å²) >= 11 is 5.59. The molecule has 0 heterocycles. The van der Waals surface area contributed by atoms with E-state index in [0.29, 0.717) is 10.7 Å². The van der Waals surface area contributed by atoms with Crippen LogP contribution in [0.15, 0.2) is 29.3 Å². The molecule has 0 saturated heterocycles. The third-order valence-corrected chi connectivity index (χ3v) is 1.22. The molecule has 0 amide bonds. The Kier molecular flexibility index (Phi) is 6.02. The third-order valence-electron chi connectivity index (χ3n) is 0.983. The minimum absolute atomic E-state index is 0.530. The number of halogens is 1. The number of nitrogens with one attached hydrogen (secondary N) is 1. The van der Waals surface area contributed by atoms with Crippen LogP contribution in [0.5, 0.6) is 0 Å². The topological polar surface area (TPSA) is 70.3 Å². The van der Waals surface area contributed by atoms with Gasteiger partial charge in [0.1, 0.15) is 0 Å². The molecule has 0 spiro atoms. The fraction of sp³-hybridized carbons (Fsp3) is 0. The number of carbonyl (C=O) groups excluding carboxylic acids is 2. The van der Waals surface area contributed by atoms with Crippen LogP contribution >= 0.6 is 11.6 Å². The van der Waals surface area contributed by atoms with Crippen molar-refractivity contribution in [1.29, 1.82) is 5.41 Å². The highest BCUT2D eigenvalue weighted by atomic mass is 35.5. The molecule has 0 aliphatic carbocycles. The fourth-order valence-electron chi connectivity index (χ4n) is 0.598. The van der Waals surface area contributed by atoms with E-state index in [0.717, 1.165) is 6.08 Å². The zero-order valence-electron chi connectivity index (χ0n) is 6.45. The summed E-state index contributed by atoms with van der Waals surface area (Å²) in [6.07, 6.45) is 2.18. The van der Waals surface area contributed by atoms with Crippen molar-refractivity contribution in [3.8, 4) is 0 Å². The van der Waals surface area contributed by atoms with E-state index in [4.69, 9.17) is 21.8 Å². The van der Waals surface area contributed by atoms with Crippen molar-refractivity contribution in [3.63, 3.8) is 0 Å². The van der Waals surface area contributed by atoms with Crippen LogP contribution in [-0.4, -0.2) is 12.2 Å². The van der Waals surface area contributed by atoms with Gasteiger partial charge in [-0.3, -0.25) is 0 Å². The minimum Gasteiger partial charge on any atom is -0.222 e. The highest BCUT2D eigenvalue weighted by Gasteiger charge is 1.88. The summed E-state index contributed by atoms with van der Waals surface area (Å²) in [5.41, 5.74) is 0.530. The summed E-state index contributed by atoms with van der Waals surface area (Å²) in [5, 5.41) is 5.97. The zero-order valence-corrected chi connectivity index (χ0v) is 7.21. The van der Waals surface area contributed by atoms with Crippen LogP contribution in [0, 0.1) is 5.41 Å². The van der Waals surface area contributed by atoms with E-state index >= 15 is 0 Å². The van der Waals surface area contributed by atoms with E-state index in [9.17, 15) is 4.79 Å². The molecule has 0 aliphatic heterocycles. The summed E-state index contributed by atoms with van der Waals surface area (Å²) in [7, 11) is 0. The Labute approximate surface area is 79.4 Å². The second-order valence-corrected chi connectivity index (χ2v) is 2.22. The molecule has 0 saturated carbocycles. The molecular formula is C8H5ClN2O2. The minimum atomic E-state index is 0.530. The van der Waals surface area contributed by atoms with Gasteiger partial charge >= 0.3 is 0 Å². The Morgan fingerprint density at radius 1 is 1.38 bits per heavy atom. The fourth-order valence-corrected chi connectivity index (χ4v) is 0.783. The number of benzene rings is 1. The molecule has 1 aromatic rings. The van der Waals surface area contributed by atoms with Crippen LogP contribution < -0.4 is 0 Å². The van der Waals surface area contributed by atoms with Crippen molar-refractivity contribution in [2.75, 3.05) is 0 Å². The van der Waals surface area contributed by atoms with E-state index in [1.54, 1.807) is 24.3 Å². The Morgan fingerprint density at radius 3 is 2.46 bits per heavy atom. The molecule has 66 valence electrons. The summed E-state index contributed by atoms with van der Waals surface area (Å²) < 4.78 is 0. The van der Waals surface area contributed by atoms with Gasteiger partial charge in [0.25, 0.3) is 0 Å². The van der Waals surface area contributed by atoms with Crippen LogP contribution in [0.1, 0.15) is 0 Å². The molecule has 1 N–H and O–H groups in total. The maximum Gasteiger partial charge on any atom is 0.240 e. The molecular weight excluding hydrogens is 192 g/mol. The average Bonchev–Trinajstić information content (AvgIpc) is 2.06. The molecule has 13 heavy (non-hydrogen) atoms. The van der Waals surface area contributed by atoms with Crippen LogP contribution in [0.2, 0.25) is 5.02 Å². The molecule has 5 heteroatoms. The van der Waals surface area contributed by atoms with Crippen LogP contribution in [0.3, 0.4) is 0 Å². The second-order valence-electron chi connectivity index (χ2n) is 1.79. The van der Waals surface area contributed by atoms with Crippen molar-refractivity contribution in [1.82, 2.24) is 0 Å². The molecule has 0 unspecified atom stereocenters. The Hall–Kier alpha value is -1.73. The van der Waals surface area contributed by atoms with E-state index in [-0.39, 0.29) is 0 Å². The van der Waals surface area contributed by atoms with E-state index in [1.165, 1.54) is 6.08 Å².